The highest BCUT2D eigenvalue weighted by Gasteiger charge is 2.24. The summed E-state index contributed by atoms with van der Waals surface area (Å²) in [6, 6.07) is 11.7. The van der Waals surface area contributed by atoms with Crippen LogP contribution in [0.4, 0.5) is 5.00 Å². The number of aryl methyl sites for hydroxylation is 1. The smallest absolute Gasteiger partial charge is 0.341 e. The van der Waals surface area contributed by atoms with Crippen LogP contribution in [0.25, 0.3) is 0 Å². The summed E-state index contributed by atoms with van der Waals surface area (Å²) >= 11 is 7.49. The van der Waals surface area contributed by atoms with Gasteiger partial charge in [0, 0.05) is 23.5 Å². The largest absolute Gasteiger partial charge is 0.462 e. The van der Waals surface area contributed by atoms with E-state index in [1.807, 2.05) is 37.3 Å². The molecule has 2 heterocycles. The number of hydrogen-bond donors (Lipinski definition) is 1. The summed E-state index contributed by atoms with van der Waals surface area (Å²) in [5, 5.41) is 7.66. The number of carbonyl (C=O) groups excluding carboxylic acids is 2. The molecule has 0 aliphatic rings. The van der Waals surface area contributed by atoms with Gasteiger partial charge < -0.3 is 10.1 Å². The van der Waals surface area contributed by atoms with Crippen LogP contribution in [0.1, 0.15) is 58.0 Å². The summed E-state index contributed by atoms with van der Waals surface area (Å²) in [5.74, 6) is -0.882. The zero-order chi connectivity index (χ0) is 21.0. The van der Waals surface area contributed by atoms with Gasteiger partial charge in [-0.15, -0.1) is 11.3 Å². The van der Waals surface area contributed by atoms with Gasteiger partial charge in [-0.1, -0.05) is 48.9 Å². The highest BCUT2D eigenvalue weighted by molar-refractivity contribution is 7.16. The number of amides is 1. The summed E-state index contributed by atoms with van der Waals surface area (Å²) in [5.41, 5.74) is 1.56. The van der Waals surface area contributed by atoms with Crippen LogP contribution in [-0.4, -0.2) is 28.3 Å². The second-order valence-corrected chi connectivity index (χ2v) is 7.87. The molecule has 1 amide bonds. The quantitative estimate of drug-likeness (QED) is 0.522. The van der Waals surface area contributed by atoms with Crippen LogP contribution in [0.15, 0.2) is 42.6 Å². The number of anilines is 1. The lowest BCUT2D eigenvalue weighted by atomic mass is 9.99. The first-order valence-corrected chi connectivity index (χ1v) is 10.5. The van der Waals surface area contributed by atoms with Crippen molar-refractivity contribution >= 4 is 39.8 Å². The average Bonchev–Trinajstić information content (AvgIpc) is 3.31. The number of hydrogen-bond acceptors (Lipinski definition) is 5. The van der Waals surface area contributed by atoms with E-state index in [0.717, 1.165) is 10.4 Å². The maximum atomic E-state index is 12.7. The predicted molar refractivity (Wildman–Crippen MR) is 115 cm³/mol. The predicted octanol–water partition coefficient (Wildman–Crippen LogP) is 5.20. The standard InChI is InChI=1S/C21H22ClN3O3S/c1-4-25-12-16(22)18(24-25)19(26)23-20-15(21(27)28-5-2)11-17(29-20)13(3)14-9-7-6-8-10-14/h6-13H,4-5H2,1-3H3,(H,23,26)/t13-/m1/s1. The fourth-order valence-electron chi connectivity index (χ4n) is 2.86. The third-order valence-corrected chi connectivity index (χ3v) is 5.97. The first kappa shape index (κ1) is 21.1. The Morgan fingerprint density at radius 3 is 2.62 bits per heavy atom. The lowest BCUT2D eigenvalue weighted by Gasteiger charge is -2.09. The Kier molecular flexibility index (Phi) is 6.71. The summed E-state index contributed by atoms with van der Waals surface area (Å²) < 4.78 is 6.75. The van der Waals surface area contributed by atoms with Crippen LogP contribution in [0.3, 0.4) is 0 Å². The number of carbonyl (C=O) groups is 2. The minimum Gasteiger partial charge on any atom is -0.462 e. The SMILES string of the molecule is CCOC(=O)c1cc([C@H](C)c2ccccc2)sc1NC(=O)c1nn(CC)cc1Cl. The van der Waals surface area contributed by atoms with E-state index in [1.165, 1.54) is 11.3 Å². The lowest BCUT2D eigenvalue weighted by molar-refractivity contribution is 0.0528. The number of nitrogens with one attached hydrogen (secondary N) is 1. The van der Waals surface area contributed by atoms with Crippen LogP contribution < -0.4 is 5.32 Å². The number of ether oxygens (including phenoxy) is 1. The normalized spacial score (nSPS) is 11.9. The van der Waals surface area contributed by atoms with Crippen molar-refractivity contribution in [2.24, 2.45) is 0 Å². The molecule has 0 fully saturated rings. The molecule has 0 saturated heterocycles. The number of esters is 1. The van der Waals surface area contributed by atoms with Crippen molar-refractivity contribution in [1.29, 1.82) is 0 Å². The molecule has 3 aromatic rings. The van der Waals surface area contributed by atoms with Crippen LogP contribution in [-0.2, 0) is 11.3 Å². The van der Waals surface area contributed by atoms with Gasteiger partial charge in [-0.25, -0.2) is 4.79 Å². The van der Waals surface area contributed by atoms with E-state index in [9.17, 15) is 9.59 Å². The molecule has 1 atom stereocenters. The summed E-state index contributed by atoms with van der Waals surface area (Å²) in [6.45, 7) is 6.55. The zero-order valence-corrected chi connectivity index (χ0v) is 18.0. The van der Waals surface area contributed by atoms with Gasteiger partial charge in [-0.3, -0.25) is 9.48 Å². The van der Waals surface area contributed by atoms with Crippen LogP contribution in [0, 0.1) is 0 Å². The molecule has 8 heteroatoms. The minimum absolute atomic E-state index is 0.0583. The zero-order valence-electron chi connectivity index (χ0n) is 16.4. The van der Waals surface area contributed by atoms with E-state index in [2.05, 4.69) is 17.3 Å². The third kappa shape index (κ3) is 4.68. The van der Waals surface area contributed by atoms with Crippen molar-refractivity contribution in [3.63, 3.8) is 0 Å². The van der Waals surface area contributed by atoms with Gasteiger partial charge in [0.1, 0.15) is 5.00 Å². The molecule has 0 unspecified atom stereocenters. The van der Waals surface area contributed by atoms with Gasteiger partial charge in [0.15, 0.2) is 5.69 Å². The van der Waals surface area contributed by atoms with E-state index >= 15 is 0 Å². The maximum absolute atomic E-state index is 12.7. The lowest BCUT2D eigenvalue weighted by Crippen LogP contribution is -2.15. The minimum atomic E-state index is -0.476. The molecule has 3 rings (SSSR count). The molecule has 0 aliphatic heterocycles. The van der Waals surface area contributed by atoms with Crippen LogP contribution >= 0.6 is 22.9 Å². The van der Waals surface area contributed by atoms with Gasteiger partial charge in [0.2, 0.25) is 0 Å². The van der Waals surface area contributed by atoms with Gasteiger partial charge in [-0.05, 0) is 25.5 Å². The first-order chi connectivity index (χ1) is 13.9. The van der Waals surface area contributed by atoms with E-state index in [-0.39, 0.29) is 23.2 Å². The second-order valence-electron chi connectivity index (χ2n) is 6.38. The van der Waals surface area contributed by atoms with Gasteiger partial charge in [0.05, 0.1) is 17.2 Å². The number of aromatic nitrogens is 2. The topological polar surface area (TPSA) is 73.2 Å². The molecule has 1 N–H and O–H groups in total. The second kappa shape index (κ2) is 9.24. The van der Waals surface area contributed by atoms with Crippen molar-refractivity contribution in [3.8, 4) is 0 Å². The Balaban J connectivity index is 1.93. The maximum Gasteiger partial charge on any atom is 0.341 e. The summed E-state index contributed by atoms with van der Waals surface area (Å²) in [4.78, 5) is 26.1. The van der Waals surface area contributed by atoms with Crippen molar-refractivity contribution in [3.05, 3.63) is 69.3 Å². The van der Waals surface area contributed by atoms with E-state index < -0.39 is 11.9 Å². The average molecular weight is 432 g/mol. The van der Waals surface area contributed by atoms with Gasteiger partial charge >= 0.3 is 5.97 Å². The van der Waals surface area contributed by atoms with Crippen LogP contribution in [0.5, 0.6) is 0 Å². The van der Waals surface area contributed by atoms with Crippen molar-refractivity contribution in [2.45, 2.75) is 33.2 Å². The fourth-order valence-corrected chi connectivity index (χ4v) is 4.22. The number of rotatable bonds is 7. The molecule has 0 radical (unpaired) electrons. The highest BCUT2D eigenvalue weighted by Crippen LogP contribution is 2.37. The molecule has 0 bridgehead atoms. The number of thiophene rings is 1. The molecular weight excluding hydrogens is 410 g/mol. The fraction of sp³-hybridized carbons (Fsp3) is 0.286. The molecule has 29 heavy (non-hydrogen) atoms. The molecule has 152 valence electrons. The first-order valence-electron chi connectivity index (χ1n) is 9.34. The van der Waals surface area contributed by atoms with E-state index in [4.69, 9.17) is 16.3 Å². The summed E-state index contributed by atoms with van der Waals surface area (Å²) in [7, 11) is 0. The number of benzene rings is 1. The summed E-state index contributed by atoms with van der Waals surface area (Å²) in [6.07, 6.45) is 1.60. The van der Waals surface area contributed by atoms with Crippen molar-refractivity contribution in [2.75, 3.05) is 11.9 Å². The van der Waals surface area contributed by atoms with Gasteiger partial charge in [-0.2, -0.15) is 5.10 Å². The molecule has 0 spiro atoms. The Morgan fingerprint density at radius 2 is 2.00 bits per heavy atom. The molecular formula is C21H22ClN3O3S. The molecule has 6 nitrogen and oxygen atoms in total. The van der Waals surface area contributed by atoms with Crippen molar-refractivity contribution < 1.29 is 14.3 Å². The molecule has 1 aromatic carbocycles. The van der Waals surface area contributed by atoms with Crippen molar-refractivity contribution in [1.82, 2.24) is 9.78 Å². The van der Waals surface area contributed by atoms with E-state index in [0.29, 0.717) is 17.1 Å². The Morgan fingerprint density at radius 1 is 1.28 bits per heavy atom. The third-order valence-electron chi connectivity index (χ3n) is 4.46. The molecule has 0 saturated carbocycles. The molecule has 0 aliphatic carbocycles. The van der Waals surface area contributed by atoms with Crippen LogP contribution in [0.2, 0.25) is 5.02 Å². The van der Waals surface area contributed by atoms with E-state index in [1.54, 1.807) is 23.9 Å². The Labute approximate surface area is 178 Å². The highest BCUT2D eigenvalue weighted by atomic mass is 35.5. The number of nitrogens with zero attached hydrogens (tertiary/aromatic N) is 2. The van der Waals surface area contributed by atoms with Gasteiger partial charge in [0.25, 0.3) is 5.91 Å². The molecule has 2 aromatic heterocycles. The monoisotopic (exact) mass is 431 g/mol. The Bertz CT molecular complexity index is 1010. The number of halogens is 1. The Hall–Kier alpha value is -2.64.